The largest absolute Gasteiger partial charge is 0.451 e. The smallest absolute Gasteiger partial charge is 0.291 e. The van der Waals surface area contributed by atoms with Crippen LogP contribution in [0.5, 0.6) is 0 Å². The van der Waals surface area contributed by atoms with Gasteiger partial charge in [-0.1, -0.05) is 6.07 Å². The number of nitrogens with one attached hydrogen (secondary N) is 1. The minimum absolute atomic E-state index is 0.0511. The summed E-state index contributed by atoms with van der Waals surface area (Å²) in [4.78, 5) is 12.4. The van der Waals surface area contributed by atoms with E-state index in [0.717, 1.165) is 4.31 Å². The standard InChI is InChI=1S/C19H17FN2O4S/c1-22(2)27(24,25)16-5-3-4-15(12-16)21-19(23)18-11-10-17(26-18)13-6-8-14(20)9-7-13/h3-12H,1-2H3,(H,21,23). The summed E-state index contributed by atoms with van der Waals surface area (Å²) in [6.45, 7) is 0. The summed E-state index contributed by atoms with van der Waals surface area (Å²) in [5, 5.41) is 2.61. The number of anilines is 1. The average molecular weight is 388 g/mol. The van der Waals surface area contributed by atoms with Crippen molar-refractivity contribution in [3.63, 3.8) is 0 Å². The van der Waals surface area contributed by atoms with Crippen LogP contribution in [0.1, 0.15) is 10.6 Å². The van der Waals surface area contributed by atoms with E-state index in [1.165, 1.54) is 50.5 Å². The zero-order valence-corrected chi connectivity index (χ0v) is 15.5. The molecule has 0 saturated carbocycles. The number of hydrogen-bond donors (Lipinski definition) is 1. The highest BCUT2D eigenvalue weighted by molar-refractivity contribution is 7.89. The molecule has 3 aromatic rings. The Balaban J connectivity index is 1.79. The minimum atomic E-state index is -3.61. The van der Waals surface area contributed by atoms with Crippen LogP contribution in [-0.4, -0.2) is 32.7 Å². The first kappa shape index (κ1) is 18.8. The van der Waals surface area contributed by atoms with Crippen LogP contribution in [0.2, 0.25) is 0 Å². The number of benzene rings is 2. The molecular weight excluding hydrogens is 371 g/mol. The van der Waals surface area contributed by atoms with Gasteiger partial charge in [-0.25, -0.2) is 17.1 Å². The van der Waals surface area contributed by atoms with Crippen molar-refractivity contribution < 1.29 is 22.0 Å². The van der Waals surface area contributed by atoms with E-state index in [9.17, 15) is 17.6 Å². The molecule has 6 nitrogen and oxygen atoms in total. The van der Waals surface area contributed by atoms with Crippen molar-refractivity contribution in [1.29, 1.82) is 0 Å². The molecule has 140 valence electrons. The quantitative estimate of drug-likeness (QED) is 0.724. The fraction of sp³-hybridized carbons (Fsp3) is 0.105. The van der Waals surface area contributed by atoms with Crippen LogP contribution in [0.15, 0.2) is 70.0 Å². The number of carbonyl (C=O) groups is 1. The molecule has 0 unspecified atom stereocenters. The van der Waals surface area contributed by atoms with Crippen molar-refractivity contribution in [1.82, 2.24) is 4.31 Å². The van der Waals surface area contributed by atoms with Gasteiger partial charge in [-0.05, 0) is 54.6 Å². The molecule has 3 rings (SSSR count). The molecule has 1 heterocycles. The second-order valence-corrected chi connectivity index (χ2v) is 8.09. The minimum Gasteiger partial charge on any atom is -0.451 e. The maximum atomic E-state index is 13.0. The molecular formula is C19H17FN2O4S. The Bertz CT molecular complexity index is 1070. The topological polar surface area (TPSA) is 79.6 Å². The molecule has 2 aromatic carbocycles. The van der Waals surface area contributed by atoms with Gasteiger partial charge in [0.2, 0.25) is 10.0 Å². The predicted molar refractivity (Wildman–Crippen MR) is 99.4 cm³/mol. The molecule has 1 N–H and O–H groups in total. The lowest BCUT2D eigenvalue weighted by Crippen LogP contribution is -2.22. The molecule has 1 amide bonds. The number of nitrogens with zero attached hydrogens (tertiary/aromatic N) is 1. The molecule has 0 aliphatic rings. The van der Waals surface area contributed by atoms with Gasteiger partial charge in [-0.15, -0.1) is 0 Å². The van der Waals surface area contributed by atoms with Gasteiger partial charge in [-0.3, -0.25) is 4.79 Å². The Morgan fingerprint density at radius 3 is 2.41 bits per heavy atom. The van der Waals surface area contributed by atoms with Crippen LogP contribution < -0.4 is 5.32 Å². The van der Waals surface area contributed by atoms with E-state index < -0.39 is 15.9 Å². The molecule has 8 heteroatoms. The summed E-state index contributed by atoms with van der Waals surface area (Å²) in [6, 6.07) is 14.7. The van der Waals surface area contributed by atoms with E-state index in [1.807, 2.05) is 0 Å². The Morgan fingerprint density at radius 2 is 1.74 bits per heavy atom. The number of halogens is 1. The zero-order chi connectivity index (χ0) is 19.6. The lowest BCUT2D eigenvalue weighted by molar-refractivity contribution is 0.0997. The van der Waals surface area contributed by atoms with E-state index in [4.69, 9.17) is 4.42 Å². The monoisotopic (exact) mass is 388 g/mol. The number of rotatable bonds is 5. The third-order valence-corrected chi connectivity index (χ3v) is 5.64. The molecule has 0 spiro atoms. The van der Waals surface area contributed by atoms with E-state index >= 15 is 0 Å². The first-order valence-corrected chi connectivity index (χ1v) is 9.41. The summed E-state index contributed by atoms with van der Waals surface area (Å²) in [7, 11) is -0.745. The van der Waals surface area contributed by atoms with Crippen LogP contribution in [0, 0.1) is 5.82 Å². The Morgan fingerprint density at radius 1 is 1.04 bits per heavy atom. The molecule has 1 aromatic heterocycles. The van der Waals surface area contributed by atoms with Crippen molar-refractivity contribution >= 4 is 21.6 Å². The summed E-state index contributed by atoms with van der Waals surface area (Å²) in [5.41, 5.74) is 0.956. The SMILES string of the molecule is CN(C)S(=O)(=O)c1cccc(NC(=O)c2ccc(-c3ccc(F)cc3)o2)c1. The summed E-state index contributed by atoms with van der Waals surface area (Å²) < 4.78 is 44.0. The number of carbonyl (C=O) groups excluding carboxylic acids is 1. The normalized spacial score (nSPS) is 11.6. The molecule has 0 fully saturated rings. The van der Waals surface area contributed by atoms with Gasteiger partial charge < -0.3 is 9.73 Å². The second-order valence-electron chi connectivity index (χ2n) is 5.94. The first-order valence-electron chi connectivity index (χ1n) is 7.97. The van der Waals surface area contributed by atoms with Gasteiger partial charge in [0.05, 0.1) is 4.90 Å². The third kappa shape index (κ3) is 4.07. The van der Waals surface area contributed by atoms with E-state index in [0.29, 0.717) is 17.0 Å². The van der Waals surface area contributed by atoms with Crippen LogP contribution in [0.25, 0.3) is 11.3 Å². The zero-order valence-electron chi connectivity index (χ0n) is 14.6. The van der Waals surface area contributed by atoms with Crippen LogP contribution in [0.3, 0.4) is 0 Å². The van der Waals surface area contributed by atoms with Gasteiger partial charge >= 0.3 is 0 Å². The van der Waals surface area contributed by atoms with Crippen LogP contribution in [-0.2, 0) is 10.0 Å². The Labute approximate surface area is 156 Å². The fourth-order valence-electron chi connectivity index (χ4n) is 2.37. The highest BCUT2D eigenvalue weighted by Gasteiger charge is 2.18. The highest BCUT2D eigenvalue weighted by Crippen LogP contribution is 2.24. The van der Waals surface area contributed by atoms with E-state index in [1.54, 1.807) is 24.3 Å². The number of amides is 1. The van der Waals surface area contributed by atoms with Crippen LogP contribution >= 0.6 is 0 Å². The summed E-state index contributed by atoms with van der Waals surface area (Å²) in [6.07, 6.45) is 0. The van der Waals surface area contributed by atoms with Gasteiger partial charge in [0, 0.05) is 25.3 Å². The van der Waals surface area contributed by atoms with Crippen molar-refractivity contribution in [3.8, 4) is 11.3 Å². The van der Waals surface area contributed by atoms with Crippen molar-refractivity contribution in [3.05, 3.63) is 72.2 Å². The van der Waals surface area contributed by atoms with Gasteiger partial charge in [0.25, 0.3) is 5.91 Å². The Kier molecular flexibility index (Phi) is 5.11. The first-order chi connectivity index (χ1) is 12.8. The Hall–Kier alpha value is -2.97. The van der Waals surface area contributed by atoms with Crippen LogP contribution in [0.4, 0.5) is 10.1 Å². The molecule has 0 aliphatic carbocycles. The lowest BCUT2D eigenvalue weighted by Gasteiger charge is -2.12. The van der Waals surface area contributed by atoms with Gasteiger partial charge in [-0.2, -0.15) is 0 Å². The lowest BCUT2D eigenvalue weighted by atomic mass is 10.2. The maximum Gasteiger partial charge on any atom is 0.291 e. The van der Waals surface area contributed by atoms with Gasteiger partial charge in [0.1, 0.15) is 11.6 Å². The van der Waals surface area contributed by atoms with E-state index in [-0.39, 0.29) is 16.5 Å². The number of furan rings is 1. The van der Waals surface area contributed by atoms with Gasteiger partial charge in [0.15, 0.2) is 5.76 Å². The summed E-state index contributed by atoms with van der Waals surface area (Å²) in [5.74, 6) is -0.419. The average Bonchev–Trinajstić information content (AvgIpc) is 3.12. The van der Waals surface area contributed by atoms with Crippen molar-refractivity contribution in [2.24, 2.45) is 0 Å². The summed E-state index contributed by atoms with van der Waals surface area (Å²) >= 11 is 0. The molecule has 0 aliphatic heterocycles. The predicted octanol–water partition coefficient (Wildman–Crippen LogP) is 3.59. The third-order valence-electron chi connectivity index (χ3n) is 3.83. The fourth-order valence-corrected chi connectivity index (χ4v) is 3.32. The molecule has 0 saturated heterocycles. The molecule has 0 bridgehead atoms. The maximum absolute atomic E-state index is 13.0. The molecule has 0 radical (unpaired) electrons. The van der Waals surface area contributed by atoms with E-state index in [2.05, 4.69) is 5.32 Å². The van der Waals surface area contributed by atoms with Crippen molar-refractivity contribution in [2.45, 2.75) is 4.90 Å². The highest BCUT2D eigenvalue weighted by atomic mass is 32.2. The van der Waals surface area contributed by atoms with Crippen molar-refractivity contribution in [2.75, 3.05) is 19.4 Å². The second kappa shape index (κ2) is 7.34. The number of sulfonamides is 1. The molecule has 27 heavy (non-hydrogen) atoms. The number of hydrogen-bond acceptors (Lipinski definition) is 4. The molecule has 0 atom stereocenters.